The second-order valence-corrected chi connectivity index (χ2v) is 4.38. The maximum Gasteiger partial charge on any atom is 0.0955 e. The number of hydrogen-bond acceptors (Lipinski definition) is 2. The molecule has 3 rings (SSSR count). The second kappa shape index (κ2) is 4.27. The SMILES string of the molecule is Cn1cnc2cccc(-c3ccc(CO)cc3)c21. The van der Waals surface area contributed by atoms with Crippen LogP contribution in [0.2, 0.25) is 0 Å². The summed E-state index contributed by atoms with van der Waals surface area (Å²) in [5.74, 6) is 0. The predicted molar refractivity (Wildman–Crippen MR) is 72.1 cm³/mol. The first-order valence-corrected chi connectivity index (χ1v) is 5.90. The number of aryl methyl sites for hydroxylation is 1. The first kappa shape index (κ1) is 11.0. The molecule has 1 aromatic heterocycles. The lowest BCUT2D eigenvalue weighted by Gasteiger charge is -2.06. The van der Waals surface area contributed by atoms with Gasteiger partial charge in [-0.15, -0.1) is 0 Å². The lowest BCUT2D eigenvalue weighted by atomic mass is 10.0. The topological polar surface area (TPSA) is 38.0 Å². The average molecular weight is 238 g/mol. The zero-order valence-electron chi connectivity index (χ0n) is 10.2. The first-order chi connectivity index (χ1) is 8.79. The van der Waals surface area contributed by atoms with Crippen LogP contribution in [0.4, 0.5) is 0 Å². The van der Waals surface area contributed by atoms with E-state index in [9.17, 15) is 0 Å². The minimum absolute atomic E-state index is 0.0796. The maximum atomic E-state index is 9.07. The summed E-state index contributed by atoms with van der Waals surface area (Å²) in [6.45, 7) is 0.0796. The van der Waals surface area contributed by atoms with E-state index in [1.165, 1.54) is 0 Å². The number of para-hydroxylation sites is 1. The van der Waals surface area contributed by atoms with Crippen molar-refractivity contribution >= 4 is 11.0 Å². The molecule has 1 heterocycles. The summed E-state index contributed by atoms with van der Waals surface area (Å²) in [4.78, 5) is 4.36. The van der Waals surface area contributed by atoms with Crippen molar-refractivity contribution in [2.45, 2.75) is 6.61 Å². The number of nitrogens with zero attached hydrogens (tertiary/aromatic N) is 2. The van der Waals surface area contributed by atoms with Gasteiger partial charge in [-0.3, -0.25) is 0 Å². The first-order valence-electron chi connectivity index (χ1n) is 5.90. The van der Waals surface area contributed by atoms with Crippen LogP contribution in [0.5, 0.6) is 0 Å². The predicted octanol–water partition coefficient (Wildman–Crippen LogP) is 2.73. The summed E-state index contributed by atoms with van der Waals surface area (Å²) in [5.41, 5.74) is 5.37. The number of benzene rings is 2. The van der Waals surface area contributed by atoms with Crippen LogP contribution < -0.4 is 0 Å². The molecule has 2 aromatic carbocycles. The normalized spacial score (nSPS) is 11.0. The Morgan fingerprint density at radius 1 is 1.11 bits per heavy atom. The number of hydrogen-bond donors (Lipinski definition) is 1. The molecule has 0 saturated carbocycles. The van der Waals surface area contributed by atoms with Crippen LogP contribution in [0.15, 0.2) is 48.8 Å². The molecule has 0 atom stereocenters. The van der Waals surface area contributed by atoms with E-state index in [0.717, 1.165) is 27.7 Å². The number of aliphatic hydroxyl groups is 1. The highest BCUT2D eigenvalue weighted by Crippen LogP contribution is 2.27. The summed E-state index contributed by atoms with van der Waals surface area (Å²) in [5, 5.41) is 9.07. The Balaban J connectivity index is 2.21. The van der Waals surface area contributed by atoms with Crippen molar-refractivity contribution in [3.8, 4) is 11.1 Å². The van der Waals surface area contributed by atoms with Gasteiger partial charge in [0.2, 0.25) is 0 Å². The van der Waals surface area contributed by atoms with Gasteiger partial charge in [-0.1, -0.05) is 36.4 Å². The summed E-state index contributed by atoms with van der Waals surface area (Å²) in [6, 6.07) is 14.1. The van der Waals surface area contributed by atoms with Gasteiger partial charge in [-0.05, 0) is 17.2 Å². The smallest absolute Gasteiger partial charge is 0.0955 e. The van der Waals surface area contributed by atoms with Gasteiger partial charge in [0.1, 0.15) is 0 Å². The third-order valence-electron chi connectivity index (χ3n) is 3.18. The number of aliphatic hydroxyl groups excluding tert-OH is 1. The zero-order chi connectivity index (χ0) is 12.5. The van der Waals surface area contributed by atoms with E-state index in [-0.39, 0.29) is 6.61 Å². The van der Waals surface area contributed by atoms with Gasteiger partial charge < -0.3 is 9.67 Å². The second-order valence-electron chi connectivity index (χ2n) is 4.38. The van der Waals surface area contributed by atoms with Crippen LogP contribution in [0.1, 0.15) is 5.56 Å². The van der Waals surface area contributed by atoms with Crippen molar-refractivity contribution in [1.29, 1.82) is 0 Å². The Kier molecular flexibility index (Phi) is 2.61. The molecule has 0 saturated heterocycles. The fourth-order valence-corrected chi connectivity index (χ4v) is 2.24. The van der Waals surface area contributed by atoms with Crippen molar-refractivity contribution in [3.63, 3.8) is 0 Å². The van der Waals surface area contributed by atoms with Crippen LogP contribution in [-0.4, -0.2) is 14.7 Å². The molecule has 3 aromatic rings. The lowest BCUT2D eigenvalue weighted by Crippen LogP contribution is -1.89. The highest BCUT2D eigenvalue weighted by Gasteiger charge is 2.07. The standard InChI is InChI=1S/C15H14N2O/c1-17-10-16-14-4-2-3-13(15(14)17)12-7-5-11(9-18)6-8-12/h2-8,10,18H,9H2,1H3. The maximum absolute atomic E-state index is 9.07. The van der Waals surface area contributed by atoms with Crippen molar-refractivity contribution in [2.24, 2.45) is 7.05 Å². The molecule has 0 aliphatic carbocycles. The highest BCUT2D eigenvalue weighted by molar-refractivity contribution is 5.92. The van der Waals surface area contributed by atoms with Crippen molar-refractivity contribution in [3.05, 3.63) is 54.4 Å². The van der Waals surface area contributed by atoms with E-state index in [2.05, 4.69) is 11.1 Å². The van der Waals surface area contributed by atoms with Crippen LogP contribution in [0, 0.1) is 0 Å². The minimum atomic E-state index is 0.0796. The van der Waals surface area contributed by atoms with Gasteiger partial charge in [0, 0.05) is 12.6 Å². The third kappa shape index (κ3) is 1.69. The molecule has 0 bridgehead atoms. The van der Waals surface area contributed by atoms with Gasteiger partial charge >= 0.3 is 0 Å². The monoisotopic (exact) mass is 238 g/mol. The molecule has 0 aliphatic rings. The molecule has 0 unspecified atom stereocenters. The van der Waals surface area contributed by atoms with E-state index >= 15 is 0 Å². The van der Waals surface area contributed by atoms with E-state index in [4.69, 9.17) is 5.11 Å². The van der Waals surface area contributed by atoms with Crippen molar-refractivity contribution in [1.82, 2.24) is 9.55 Å². The highest BCUT2D eigenvalue weighted by atomic mass is 16.3. The molecular formula is C15H14N2O. The van der Waals surface area contributed by atoms with Crippen molar-refractivity contribution < 1.29 is 5.11 Å². The minimum Gasteiger partial charge on any atom is -0.392 e. The number of fused-ring (bicyclic) bond motifs is 1. The fourth-order valence-electron chi connectivity index (χ4n) is 2.24. The molecule has 1 N–H and O–H groups in total. The van der Waals surface area contributed by atoms with Crippen LogP contribution in [0.25, 0.3) is 22.2 Å². The zero-order valence-corrected chi connectivity index (χ0v) is 10.2. The quantitative estimate of drug-likeness (QED) is 0.745. The molecular weight excluding hydrogens is 224 g/mol. The van der Waals surface area contributed by atoms with Gasteiger partial charge in [-0.25, -0.2) is 4.98 Å². The van der Waals surface area contributed by atoms with Gasteiger partial charge in [0.15, 0.2) is 0 Å². The van der Waals surface area contributed by atoms with Gasteiger partial charge in [0.25, 0.3) is 0 Å². The van der Waals surface area contributed by atoms with Gasteiger partial charge in [0.05, 0.1) is 24.0 Å². The molecule has 0 radical (unpaired) electrons. The average Bonchev–Trinajstić information content (AvgIpc) is 2.81. The Morgan fingerprint density at radius 3 is 2.61 bits per heavy atom. The molecule has 3 nitrogen and oxygen atoms in total. The summed E-state index contributed by atoms with van der Waals surface area (Å²) >= 11 is 0. The molecule has 0 amide bonds. The summed E-state index contributed by atoms with van der Waals surface area (Å²) in [6.07, 6.45) is 1.83. The van der Waals surface area contributed by atoms with Crippen molar-refractivity contribution in [2.75, 3.05) is 0 Å². The Labute approximate surface area is 105 Å². The molecule has 0 fully saturated rings. The number of rotatable bonds is 2. The summed E-state index contributed by atoms with van der Waals surface area (Å²) < 4.78 is 2.03. The molecule has 18 heavy (non-hydrogen) atoms. The lowest BCUT2D eigenvalue weighted by molar-refractivity contribution is 0.282. The Hall–Kier alpha value is -2.13. The van der Waals surface area contributed by atoms with E-state index in [1.807, 2.05) is 54.3 Å². The molecule has 3 heteroatoms. The summed E-state index contributed by atoms with van der Waals surface area (Å²) in [7, 11) is 2.00. The fraction of sp³-hybridized carbons (Fsp3) is 0.133. The van der Waals surface area contributed by atoms with Gasteiger partial charge in [-0.2, -0.15) is 0 Å². The molecule has 0 aliphatic heterocycles. The van der Waals surface area contributed by atoms with Crippen LogP contribution in [-0.2, 0) is 13.7 Å². The Morgan fingerprint density at radius 2 is 1.89 bits per heavy atom. The Bertz CT molecular complexity index is 683. The largest absolute Gasteiger partial charge is 0.392 e. The number of aromatic nitrogens is 2. The van der Waals surface area contributed by atoms with E-state index in [1.54, 1.807) is 0 Å². The third-order valence-corrected chi connectivity index (χ3v) is 3.18. The number of imidazole rings is 1. The van der Waals surface area contributed by atoms with E-state index < -0.39 is 0 Å². The van der Waals surface area contributed by atoms with Crippen LogP contribution in [0.3, 0.4) is 0 Å². The molecule has 90 valence electrons. The van der Waals surface area contributed by atoms with Crippen LogP contribution >= 0.6 is 0 Å². The van der Waals surface area contributed by atoms with E-state index in [0.29, 0.717) is 0 Å². The molecule has 0 spiro atoms.